The van der Waals surface area contributed by atoms with Crippen molar-refractivity contribution < 1.29 is 14.1 Å². The molecule has 1 amide bonds. The molecule has 5 nitrogen and oxygen atoms in total. The van der Waals surface area contributed by atoms with Gasteiger partial charge in [-0.1, -0.05) is 41.0 Å². The molecule has 0 aliphatic heterocycles. The zero-order valence-electron chi connectivity index (χ0n) is 13.9. The highest BCUT2D eigenvalue weighted by Crippen LogP contribution is 2.25. The summed E-state index contributed by atoms with van der Waals surface area (Å²) in [5.41, 5.74) is 2.54. The predicted octanol–water partition coefficient (Wildman–Crippen LogP) is 4.78. The third kappa shape index (κ3) is 4.00. The van der Waals surface area contributed by atoms with Crippen LogP contribution < -0.4 is 10.1 Å². The first-order chi connectivity index (χ1) is 12.0. The Bertz CT molecular complexity index is 905. The summed E-state index contributed by atoms with van der Waals surface area (Å²) in [6, 6.07) is 14.7. The van der Waals surface area contributed by atoms with Gasteiger partial charge in [-0.2, -0.15) is 0 Å². The van der Waals surface area contributed by atoms with Gasteiger partial charge in [0.25, 0.3) is 5.91 Å². The van der Waals surface area contributed by atoms with Crippen LogP contribution in [-0.2, 0) is 6.61 Å². The minimum absolute atomic E-state index is 0.135. The monoisotopic (exact) mass is 356 g/mol. The number of anilines is 1. The van der Waals surface area contributed by atoms with Crippen molar-refractivity contribution in [3.63, 3.8) is 0 Å². The van der Waals surface area contributed by atoms with Crippen LogP contribution >= 0.6 is 11.6 Å². The largest absolute Gasteiger partial charge is 0.487 e. The summed E-state index contributed by atoms with van der Waals surface area (Å²) in [5, 5.41) is 7.19. The Morgan fingerprint density at radius 2 is 2.00 bits per heavy atom. The Labute approximate surface area is 150 Å². The number of carbonyl (C=O) groups excluding carboxylic acids is 1. The van der Waals surface area contributed by atoms with E-state index in [-0.39, 0.29) is 18.2 Å². The molecule has 0 radical (unpaired) electrons. The Hall–Kier alpha value is -2.79. The summed E-state index contributed by atoms with van der Waals surface area (Å²) < 4.78 is 10.9. The third-order valence-corrected chi connectivity index (χ3v) is 4.00. The van der Waals surface area contributed by atoms with Crippen molar-refractivity contribution in [1.29, 1.82) is 0 Å². The van der Waals surface area contributed by atoms with Gasteiger partial charge in [0.05, 0.1) is 10.6 Å². The topological polar surface area (TPSA) is 64.4 Å². The maximum atomic E-state index is 12.5. The lowest BCUT2D eigenvalue weighted by Crippen LogP contribution is -2.15. The quantitative estimate of drug-likeness (QED) is 0.714. The van der Waals surface area contributed by atoms with Gasteiger partial charge in [0.15, 0.2) is 5.69 Å². The molecule has 3 aromatic rings. The van der Waals surface area contributed by atoms with Crippen molar-refractivity contribution in [2.45, 2.75) is 20.5 Å². The lowest BCUT2D eigenvalue weighted by Gasteiger charge is -2.08. The van der Waals surface area contributed by atoms with Gasteiger partial charge in [-0.05, 0) is 43.7 Å². The molecule has 128 valence electrons. The van der Waals surface area contributed by atoms with Crippen molar-refractivity contribution in [2.24, 2.45) is 0 Å². The zero-order chi connectivity index (χ0) is 17.8. The Morgan fingerprint density at radius 3 is 2.76 bits per heavy atom. The molecule has 3 rings (SSSR count). The van der Waals surface area contributed by atoms with E-state index in [4.69, 9.17) is 20.9 Å². The molecule has 0 atom stereocenters. The SMILES string of the molecule is Cc1cccc(NC(=O)c2noc(C)c2COc2ccccc2Cl)c1. The van der Waals surface area contributed by atoms with Crippen LogP contribution in [0.15, 0.2) is 53.1 Å². The number of benzene rings is 2. The standard InChI is InChI=1S/C19H17ClN2O3/c1-12-6-5-7-14(10-12)21-19(23)18-15(13(2)25-22-18)11-24-17-9-4-3-8-16(17)20/h3-10H,11H2,1-2H3,(H,21,23). The van der Waals surface area contributed by atoms with Crippen molar-refractivity contribution in [3.05, 3.63) is 76.1 Å². The van der Waals surface area contributed by atoms with Crippen LogP contribution in [0, 0.1) is 13.8 Å². The van der Waals surface area contributed by atoms with E-state index in [0.717, 1.165) is 5.56 Å². The van der Waals surface area contributed by atoms with Crippen LogP contribution in [-0.4, -0.2) is 11.1 Å². The fraction of sp³-hybridized carbons (Fsp3) is 0.158. The van der Waals surface area contributed by atoms with Crippen LogP contribution in [0.1, 0.15) is 27.4 Å². The fourth-order valence-electron chi connectivity index (χ4n) is 2.36. The molecule has 6 heteroatoms. The summed E-state index contributed by atoms with van der Waals surface area (Å²) in [6.45, 7) is 3.83. The van der Waals surface area contributed by atoms with E-state index in [0.29, 0.717) is 27.8 Å². The number of aryl methyl sites for hydroxylation is 2. The van der Waals surface area contributed by atoms with Crippen LogP contribution in [0.3, 0.4) is 0 Å². The van der Waals surface area contributed by atoms with E-state index in [1.54, 1.807) is 19.1 Å². The Kier molecular flexibility index (Phi) is 5.05. The first-order valence-corrected chi connectivity index (χ1v) is 8.13. The van der Waals surface area contributed by atoms with Crippen molar-refractivity contribution in [1.82, 2.24) is 5.16 Å². The number of hydrogen-bond donors (Lipinski definition) is 1. The van der Waals surface area contributed by atoms with Crippen LogP contribution in [0.25, 0.3) is 0 Å². The summed E-state index contributed by atoms with van der Waals surface area (Å²) >= 11 is 6.09. The number of rotatable bonds is 5. The smallest absolute Gasteiger partial charge is 0.278 e. The minimum atomic E-state index is -0.347. The second kappa shape index (κ2) is 7.40. The van der Waals surface area contributed by atoms with Gasteiger partial charge < -0.3 is 14.6 Å². The average Bonchev–Trinajstić information content (AvgIpc) is 2.95. The number of hydrogen-bond acceptors (Lipinski definition) is 4. The first-order valence-electron chi connectivity index (χ1n) is 7.75. The molecule has 0 saturated heterocycles. The van der Waals surface area contributed by atoms with E-state index < -0.39 is 0 Å². The molecular weight excluding hydrogens is 340 g/mol. The van der Waals surface area contributed by atoms with Crippen LogP contribution in [0.4, 0.5) is 5.69 Å². The second-order valence-electron chi connectivity index (χ2n) is 5.61. The number of amides is 1. The Morgan fingerprint density at radius 1 is 1.20 bits per heavy atom. The highest BCUT2D eigenvalue weighted by molar-refractivity contribution is 6.32. The summed E-state index contributed by atoms with van der Waals surface area (Å²) in [7, 11) is 0. The molecule has 0 saturated carbocycles. The summed E-state index contributed by atoms with van der Waals surface area (Å²) in [6.07, 6.45) is 0. The fourth-order valence-corrected chi connectivity index (χ4v) is 2.55. The predicted molar refractivity (Wildman–Crippen MR) is 96.2 cm³/mol. The van der Waals surface area contributed by atoms with Crippen molar-refractivity contribution in [2.75, 3.05) is 5.32 Å². The highest BCUT2D eigenvalue weighted by Gasteiger charge is 2.21. The molecule has 2 aromatic carbocycles. The summed E-state index contributed by atoms with van der Waals surface area (Å²) in [5.74, 6) is 0.719. The average molecular weight is 357 g/mol. The van der Waals surface area contributed by atoms with Gasteiger partial charge >= 0.3 is 0 Å². The molecule has 0 unspecified atom stereocenters. The molecule has 0 fully saturated rings. The molecule has 1 heterocycles. The second-order valence-corrected chi connectivity index (χ2v) is 6.02. The number of nitrogens with zero attached hydrogens (tertiary/aromatic N) is 1. The van der Waals surface area contributed by atoms with Crippen molar-refractivity contribution >= 4 is 23.2 Å². The Balaban J connectivity index is 1.77. The highest BCUT2D eigenvalue weighted by atomic mass is 35.5. The van der Waals surface area contributed by atoms with Gasteiger partial charge in [0.2, 0.25) is 0 Å². The van der Waals surface area contributed by atoms with Crippen molar-refractivity contribution in [3.8, 4) is 5.75 Å². The maximum Gasteiger partial charge on any atom is 0.278 e. The van der Waals surface area contributed by atoms with Gasteiger partial charge in [0.1, 0.15) is 18.1 Å². The molecule has 0 spiro atoms. The third-order valence-electron chi connectivity index (χ3n) is 3.68. The molecule has 0 aliphatic rings. The molecular formula is C19H17ClN2O3. The van der Waals surface area contributed by atoms with Gasteiger partial charge in [-0.15, -0.1) is 0 Å². The molecule has 1 N–H and O–H groups in total. The van der Waals surface area contributed by atoms with Crippen LogP contribution in [0.5, 0.6) is 5.75 Å². The zero-order valence-corrected chi connectivity index (χ0v) is 14.6. The minimum Gasteiger partial charge on any atom is -0.487 e. The maximum absolute atomic E-state index is 12.5. The lowest BCUT2D eigenvalue weighted by molar-refractivity contribution is 0.101. The first kappa shape index (κ1) is 17.0. The molecule has 0 bridgehead atoms. The van der Waals surface area contributed by atoms with Gasteiger partial charge in [-0.3, -0.25) is 4.79 Å². The number of carbonyl (C=O) groups is 1. The number of aromatic nitrogens is 1. The molecule has 0 aliphatic carbocycles. The van der Waals surface area contributed by atoms with Crippen LogP contribution in [0.2, 0.25) is 5.02 Å². The number of ether oxygens (including phenoxy) is 1. The normalized spacial score (nSPS) is 10.5. The van der Waals surface area contributed by atoms with E-state index in [9.17, 15) is 4.79 Å². The number of nitrogens with one attached hydrogen (secondary N) is 1. The van der Waals surface area contributed by atoms with Gasteiger partial charge in [0, 0.05) is 5.69 Å². The molecule has 25 heavy (non-hydrogen) atoms. The van der Waals surface area contributed by atoms with E-state index in [1.807, 2.05) is 43.3 Å². The summed E-state index contributed by atoms with van der Waals surface area (Å²) in [4.78, 5) is 12.5. The number of halogens is 1. The lowest BCUT2D eigenvalue weighted by atomic mass is 10.2. The van der Waals surface area contributed by atoms with E-state index in [1.165, 1.54) is 0 Å². The number of para-hydroxylation sites is 1. The molecule has 1 aromatic heterocycles. The van der Waals surface area contributed by atoms with Gasteiger partial charge in [-0.25, -0.2) is 0 Å². The van der Waals surface area contributed by atoms with E-state index >= 15 is 0 Å². The van der Waals surface area contributed by atoms with E-state index in [2.05, 4.69) is 10.5 Å².